The number of rotatable bonds is 5. The van der Waals surface area contributed by atoms with Crippen molar-refractivity contribution in [3.63, 3.8) is 0 Å². The summed E-state index contributed by atoms with van der Waals surface area (Å²) in [6.45, 7) is 12.9. The molecule has 9 heteroatoms. The monoisotopic (exact) mass is 441 g/mol. The molecule has 2 saturated heterocycles. The van der Waals surface area contributed by atoms with E-state index < -0.39 is 23.8 Å². The SMILES string of the molecule is [C-]#[N+]c1cc(F)ccc1N1CCC(CNC(=O)[C@@H]2OC(C)(C)O[C@H]2c2nccn2C)CC1. The van der Waals surface area contributed by atoms with Crippen molar-refractivity contribution in [3.8, 4) is 0 Å². The van der Waals surface area contributed by atoms with Gasteiger partial charge in [0.05, 0.1) is 6.57 Å². The maximum Gasteiger partial charge on any atom is 0.252 e. The molecule has 32 heavy (non-hydrogen) atoms. The zero-order valence-corrected chi connectivity index (χ0v) is 18.5. The lowest BCUT2D eigenvalue weighted by molar-refractivity contribution is -0.156. The third-order valence-electron chi connectivity index (χ3n) is 6.05. The number of imidazole rings is 1. The number of hydrogen-bond acceptors (Lipinski definition) is 5. The molecule has 1 amide bonds. The van der Waals surface area contributed by atoms with Gasteiger partial charge in [-0.3, -0.25) is 4.79 Å². The molecule has 0 spiro atoms. The fourth-order valence-electron chi connectivity index (χ4n) is 4.37. The molecule has 2 aliphatic heterocycles. The number of halogens is 1. The highest BCUT2D eigenvalue weighted by Gasteiger charge is 2.47. The average Bonchev–Trinajstić information content (AvgIpc) is 3.34. The summed E-state index contributed by atoms with van der Waals surface area (Å²) in [4.78, 5) is 22.9. The molecule has 1 aromatic heterocycles. The molecule has 1 N–H and O–H groups in total. The summed E-state index contributed by atoms with van der Waals surface area (Å²) < 4.78 is 27.1. The van der Waals surface area contributed by atoms with E-state index in [1.807, 2.05) is 17.8 Å². The van der Waals surface area contributed by atoms with Crippen molar-refractivity contribution in [1.29, 1.82) is 0 Å². The van der Waals surface area contributed by atoms with Gasteiger partial charge in [-0.25, -0.2) is 14.2 Å². The van der Waals surface area contributed by atoms with Crippen LogP contribution in [0.15, 0.2) is 30.6 Å². The van der Waals surface area contributed by atoms with Crippen LogP contribution in [-0.2, 0) is 21.3 Å². The Morgan fingerprint density at radius 1 is 1.34 bits per heavy atom. The molecule has 1 aromatic carbocycles. The minimum absolute atomic E-state index is 0.208. The number of anilines is 1. The van der Waals surface area contributed by atoms with Gasteiger partial charge < -0.3 is 24.3 Å². The Morgan fingerprint density at radius 3 is 2.75 bits per heavy atom. The van der Waals surface area contributed by atoms with E-state index in [0.717, 1.165) is 31.6 Å². The number of amides is 1. The van der Waals surface area contributed by atoms with Crippen LogP contribution in [0.25, 0.3) is 4.85 Å². The first-order valence-electron chi connectivity index (χ1n) is 10.8. The van der Waals surface area contributed by atoms with Gasteiger partial charge in [-0.2, -0.15) is 0 Å². The maximum atomic E-state index is 13.4. The summed E-state index contributed by atoms with van der Waals surface area (Å²) in [6, 6.07) is 4.33. The van der Waals surface area contributed by atoms with Crippen molar-refractivity contribution in [2.24, 2.45) is 13.0 Å². The van der Waals surface area contributed by atoms with Crippen molar-refractivity contribution >= 4 is 17.3 Å². The molecular weight excluding hydrogens is 413 g/mol. The molecule has 0 bridgehead atoms. The molecule has 0 radical (unpaired) electrons. The molecule has 2 atom stereocenters. The quantitative estimate of drug-likeness (QED) is 0.721. The maximum absolute atomic E-state index is 13.4. The van der Waals surface area contributed by atoms with E-state index in [1.54, 1.807) is 26.1 Å². The van der Waals surface area contributed by atoms with Crippen LogP contribution in [0.5, 0.6) is 0 Å². The molecule has 0 aliphatic carbocycles. The Hall–Kier alpha value is -2.96. The predicted molar refractivity (Wildman–Crippen MR) is 117 cm³/mol. The van der Waals surface area contributed by atoms with E-state index in [9.17, 15) is 9.18 Å². The Balaban J connectivity index is 1.33. The average molecular weight is 442 g/mol. The van der Waals surface area contributed by atoms with E-state index in [-0.39, 0.29) is 5.91 Å². The summed E-state index contributed by atoms with van der Waals surface area (Å²) >= 11 is 0. The third-order valence-corrected chi connectivity index (χ3v) is 6.05. The largest absolute Gasteiger partial charge is 0.380 e. The van der Waals surface area contributed by atoms with Crippen LogP contribution in [0, 0.1) is 18.3 Å². The number of carbonyl (C=O) groups excluding carboxylic acids is 1. The highest BCUT2D eigenvalue weighted by atomic mass is 19.1. The number of benzene rings is 1. The van der Waals surface area contributed by atoms with Gasteiger partial charge in [-0.05, 0) is 50.8 Å². The summed E-state index contributed by atoms with van der Waals surface area (Å²) in [7, 11) is 1.86. The zero-order valence-electron chi connectivity index (χ0n) is 18.5. The van der Waals surface area contributed by atoms with Crippen molar-refractivity contribution in [3.05, 3.63) is 53.7 Å². The van der Waals surface area contributed by atoms with Crippen LogP contribution in [0.1, 0.15) is 38.6 Å². The van der Waals surface area contributed by atoms with Gasteiger partial charge in [0.15, 0.2) is 18.0 Å². The van der Waals surface area contributed by atoms with Crippen LogP contribution in [-0.4, -0.2) is 47.0 Å². The zero-order chi connectivity index (χ0) is 22.9. The minimum Gasteiger partial charge on any atom is -0.380 e. The number of nitrogens with one attached hydrogen (secondary N) is 1. The number of aryl methyl sites for hydroxylation is 1. The van der Waals surface area contributed by atoms with Crippen LogP contribution >= 0.6 is 0 Å². The predicted octanol–water partition coefficient (Wildman–Crippen LogP) is 3.34. The minimum atomic E-state index is -0.875. The van der Waals surface area contributed by atoms with E-state index in [0.29, 0.717) is 24.0 Å². The van der Waals surface area contributed by atoms with Crippen LogP contribution < -0.4 is 10.2 Å². The molecule has 2 aliphatic rings. The fourth-order valence-corrected chi connectivity index (χ4v) is 4.37. The molecule has 0 unspecified atom stereocenters. The Morgan fingerprint density at radius 2 is 2.09 bits per heavy atom. The second-order valence-electron chi connectivity index (χ2n) is 8.79. The molecule has 8 nitrogen and oxygen atoms in total. The van der Waals surface area contributed by atoms with E-state index in [2.05, 4.69) is 20.0 Å². The molecule has 0 saturated carbocycles. The molecule has 3 heterocycles. The van der Waals surface area contributed by atoms with Crippen LogP contribution in [0.4, 0.5) is 15.8 Å². The van der Waals surface area contributed by atoms with E-state index >= 15 is 0 Å². The third kappa shape index (κ3) is 4.61. The summed E-state index contributed by atoms with van der Waals surface area (Å²) in [5.41, 5.74) is 1.10. The summed E-state index contributed by atoms with van der Waals surface area (Å²) in [5, 5.41) is 3.03. The molecular formula is C23H28FN5O3. The van der Waals surface area contributed by atoms with Crippen LogP contribution in [0.2, 0.25) is 0 Å². The molecule has 2 fully saturated rings. The van der Waals surface area contributed by atoms with Gasteiger partial charge >= 0.3 is 0 Å². The number of hydrogen-bond donors (Lipinski definition) is 1. The normalized spacial score (nSPS) is 23.2. The van der Waals surface area contributed by atoms with Crippen molar-refractivity contribution in [2.75, 3.05) is 24.5 Å². The summed E-state index contributed by atoms with van der Waals surface area (Å²) in [6.07, 6.45) is 3.88. The highest BCUT2D eigenvalue weighted by molar-refractivity contribution is 5.82. The van der Waals surface area contributed by atoms with E-state index in [1.165, 1.54) is 12.1 Å². The first-order valence-corrected chi connectivity index (χ1v) is 10.8. The highest BCUT2D eigenvalue weighted by Crippen LogP contribution is 2.38. The standard InChI is InChI=1S/C23H28FN5O3/c1-23(2)31-19(21-26-9-12-28(21)4)20(32-23)22(30)27-14-15-7-10-29(11-8-15)18-6-5-16(24)13-17(18)25-3/h5-6,9,12-13,15,19-20H,7-8,10-11,14H2,1-2,4H3,(H,27,30)/t19-,20-/m1/s1. The van der Waals surface area contributed by atoms with E-state index in [4.69, 9.17) is 16.0 Å². The molecule has 2 aromatic rings. The number of aromatic nitrogens is 2. The van der Waals surface area contributed by atoms with Gasteiger partial charge in [0, 0.05) is 44.8 Å². The number of carbonyl (C=O) groups is 1. The Kier molecular flexibility index (Phi) is 6.17. The topological polar surface area (TPSA) is 73.0 Å². The Labute approximate surface area is 187 Å². The van der Waals surface area contributed by atoms with Crippen molar-refractivity contribution in [1.82, 2.24) is 14.9 Å². The van der Waals surface area contributed by atoms with Gasteiger partial charge in [0.2, 0.25) is 5.69 Å². The first kappa shape index (κ1) is 22.2. The lowest BCUT2D eigenvalue weighted by atomic mass is 9.96. The Bertz CT molecular complexity index is 1020. The van der Waals surface area contributed by atoms with Crippen molar-refractivity contribution < 1.29 is 18.7 Å². The second-order valence-corrected chi connectivity index (χ2v) is 8.79. The molecule has 4 rings (SSSR count). The first-order chi connectivity index (χ1) is 15.3. The number of piperidine rings is 1. The van der Waals surface area contributed by atoms with Crippen molar-refractivity contribution in [2.45, 2.75) is 44.7 Å². The number of ether oxygens (including phenoxy) is 2. The second kappa shape index (κ2) is 8.88. The van der Waals surface area contributed by atoms with Gasteiger partial charge in [-0.15, -0.1) is 0 Å². The lowest BCUT2D eigenvalue weighted by Gasteiger charge is -2.34. The molecule has 170 valence electrons. The smallest absolute Gasteiger partial charge is 0.252 e. The van der Waals surface area contributed by atoms with Gasteiger partial charge in [-0.1, -0.05) is 0 Å². The van der Waals surface area contributed by atoms with Gasteiger partial charge in [0.25, 0.3) is 5.91 Å². The fraction of sp³-hybridized carbons (Fsp3) is 0.522. The lowest BCUT2D eigenvalue weighted by Crippen LogP contribution is -2.43. The van der Waals surface area contributed by atoms with Crippen LogP contribution in [0.3, 0.4) is 0 Å². The summed E-state index contributed by atoms with van der Waals surface area (Å²) in [5.74, 6) is -0.519. The van der Waals surface area contributed by atoms with Gasteiger partial charge in [0.1, 0.15) is 11.6 Å². The number of nitrogens with zero attached hydrogens (tertiary/aromatic N) is 4.